The number of hydrogen-bond donors (Lipinski definition) is 0. The van der Waals surface area contributed by atoms with Crippen molar-refractivity contribution in [1.29, 1.82) is 0 Å². The molecule has 0 aliphatic heterocycles. The number of allylic oxidation sites excluding steroid dienone is 2. The van der Waals surface area contributed by atoms with Crippen molar-refractivity contribution in [3.8, 4) is 0 Å². The predicted octanol–water partition coefficient (Wildman–Crippen LogP) is 3.53. The first-order valence-corrected chi connectivity index (χ1v) is 5.08. The molecule has 2 aliphatic rings. The van der Waals surface area contributed by atoms with Crippen LogP contribution in [0.15, 0.2) is 11.6 Å². The van der Waals surface area contributed by atoms with E-state index in [-0.39, 0.29) is 0 Å². The van der Waals surface area contributed by atoms with Crippen molar-refractivity contribution >= 4 is 0 Å². The molecule has 0 N–H and O–H groups in total. The highest BCUT2D eigenvalue weighted by Gasteiger charge is 2.32. The van der Waals surface area contributed by atoms with E-state index in [1.165, 1.54) is 38.5 Å². The molecule has 0 spiro atoms. The van der Waals surface area contributed by atoms with E-state index in [9.17, 15) is 0 Å². The summed E-state index contributed by atoms with van der Waals surface area (Å²) in [5, 5.41) is 0. The van der Waals surface area contributed by atoms with E-state index >= 15 is 0 Å². The van der Waals surface area contributed by atoms with E-state index in [1.54, 1.807) is 5.57 Å². The van der Waals surface area contributed by atoms with Gasteiger partial charge in [-0.3, -0.25) is 0 Å². The van der Waals surface area contributed by atoms with Crippen LogP contribution in [0, 0.1) is 11.8 Å². The molecule has 2 atom stereocenters. The van der Waals surface area contributed by atoms with Crippen LogP contribution in [0.4, 0.5) is 0 Å². The van der Waals surface area contributed by atoms with Gasteiger partial charge in [-0.2, -0.15) is 0 Å². The van der Waals surface area contributed by atoms with Crippen LogP contribution >= 0.6 is 0 Å². The molecular weight excluding hydrogens is 132 g/mol. The van der Waals surface area contributed by atoms with Crippen molar-refractivity contribution in [2.75, 3.05) is 0 Å². The van der Waals surface area contributed by atoms with Crippen molar-refractivity contribution in [1.82, 2.24) is 0 Å². The van der Waals surface area contributed by atoms with Crippen molar-refractivity contribution in [2.24, 2.45) is 11.8 Å². The largest absolute Gasteiger partial charge is 0.0850 e. The maximum atomic E-state index is 2.48. The Bertz CT molecular complexity index is 167. The van der Waals surface area contributed by atoms with Gasteiger partial charge in [-0.25, -0.2) is 0 Å². The Hall–Kier alpha value is -0.260. The molecule has 1 saturated carbocycles. The molecule has 0 saturated heterocycles. The van der Waals surface area contributed by atoms with Gasteiger partial charge < -0.3 is 0 Å². The highest BCUT2D eigenvalue weighted by atomic mass is 14.4. The van der Waals surface area contributed by atoms with Crippen LogP contribution in [0.1, 0.15) is 45.4 Å². The van der Waals surface area contributed by atoms with Gasteiger partial charge in [0.05, 0.1) is 0 Å². The Morgan fingerprint density at radius 3 is 2.91 bits per heavy atom. The SMILES string of the molecule is CCCCC1CC2=CCC1C2. The molecule has 0 amide bonds. The van der Waals surface area contributed by atoms with E-state index in [0.29, 0.717) is 0 Å². The zero-order chi connectivity index (χ0) is 7.68. The van der Waals surface area contributed by atoms with Crippen LogP contribution < -0.4 is 0 Å². The molecule has 2 unspecified atom stereocenters. The molecule has 11 heavy (non-hydrogen) atoms. The van der Waals surface area contributed by atoms with Gasteiger partial charge in [-0.1, -0.05) is 31.4 Å². The summed E-state index contributed by atoms with van der Waals surface area (Å²) in [5.74, 6) is 2.14. The minimum Gasteiger partial charge on any atom is -0.0850 e. The average molecular weight is 150 g/mol. The van der Waals surface area contributed by atoms with Crippen molar-refractivity contribution in [3.05, 3.63) is 11.6 Å². The van der Waals surface area contributed by atoms with Gasteiger partial charge in [0.2, 0.25) is 0 Å². The molecule has 0 heteroatoms. The Balaban J connectivity index is 1.84. The molecule has 0 radical (unpaired) electrons. The molecule has 62 valence electrons. The van der Waals surface area contributed by atoms with E-state index in [1.807, 2.05) is 0 Å². The summed E-state index contributed by atoms with van der Waals surface area (Å²) < 4.78 is 0. The van der Waals surface area contributed by atoms with E-state index in [2.05, 4.69) is 13.0 Å². The summed E-state index contributed by atoms with van der Waals surface area (Å²) in [5.41, 5.74) is 1.77. The monoisotopic (exact) mass is 150 g/mol. The van der Waals surface area contributed by atoms with Gasteiger partial charge in [0.1, 0.15) is 0 Å². The Kier molecular flexibility index (Phi) is 2.02. The molecule has 0 aromatic heterocycles. The molecule has 0 nitrogen and oxygen atoms in total. The molecule has 0 aromatic rings. The first-order chi connectivity index (χ1) is 5.40. The first kappa shape index (κ1) is 7.39. The average Bonchev–Trinajstić information content (AvgIpc) is 2.60. The normalized spacial score (nSPS) is 34.5. The highest BCUT2D eigenvalue weighted by molar-refractivity contribution is 5.18. The number of fused-ring (bicyclic) bond motifs is 2. The van der Waals surface area contributed by atoms with Gasteiger partial charge in [-0.05, 0) is 37.5 Å². The summed E-state index contributed by atoms with van der Waals surface area (Å²) >= 11 is 0. The molecular formula is C11H18. The second kappa shape index (κ2) is 3.00. The summed E-state index contributed by atoms with van der Waals surface area (Å²) in [6.07, 6.45) is 11.1. The molecule has 1 fully saturated rings. The fourth-order valence-electron chi connectivity index (χ4n) is 2.65. The molecule has 2 bridgehead atoms. The third-order valence-electron chi connectivity index (χ3n) is 3.35. The van der Waals surface area contributed by atoms with Crippen LogP contribution in [0.5, 0.6) is 0 Å². The summed E-state index contributed by atoms with van der Waals surface area (Å²) in [4.78, 5) is 0. The van der Waals surface area contributed by atoms with E-state index in [4.69, 9.17) is 0 Å². The number of unbranched alkanes of at least 4 members (excludes halogenated alkanes) is 1. The van der Waals surface area contributed by atoms with Crippen molar-refractivity contribution in [3.63, 3.8) is 0 Å². The minimum atomic E-state index is 1.07. The number of rotatable bonds is 3. The lowest BCUT2D eigenvalue weighted by atomic mass is 9.88. The fraction of sp³-hybridized carbons (Fsp3) is 0.818. The Morgan fingerprint density at radius 2 is 2.36 bits per heavy atom. The third kappa shape index (κ3) is 1.36. The third-order valence-corrected chi connectivity index (χ3v) is 3.35. The number of hydrogen-bond acceptors (Lipinski definition) is 0. The molecule has 2 aliphatic carbocycles. The van der Waals surface area contributed by atoms with E-state index < -0.39 is 0 Å². The zero-order valence-corrected chi connectivity index (χ0v) is 7.47. The van der Waals surface area contributed by atoms with Crippen LogP contribution in [0.3, 0.4) is 0 Å². The summed E-state index contributed by atoms with van der Waals surface area (Å²) in [7, 11) is 0. The predicted molar refractivity (Wildman–Crippen MR) is 48.4 cm³/mol. The van der Waals surface area contributed by atoms with Crippen LogP contribution in [0.25, 0.3) is 0 Å². The lowest BCUT2D eigenvalue weighted by Gasteiger charge is -2.17. The van der Waals surface area contributed by atoms with Crippen LogP contribution in [-0.2, 0) is 0 Å². The maximum absolute atomic E-state index is 2.48. The minimum absolute atomic E-state index is 1.07. The van der Waals surface area contributed by atoms with Gasteiger partial charge in [0.25, 0.3) is 0 Å². The van der Waals surface area contributed by atoms with E-state index in [0.717, 1.165) is 11.8 Å². The quantitative estimate of drug-likeness (QED) is 0.540. The van der Waals surface area contributed by atoms with Gasteiger partial charge >= 0.3 is 0 Å². The summed E-state index contributed by atoms with van der Waals surface area (Å²) in [6.45, 7) is 2.30. The lowest BCUT2D eigenvalue weighted by Crippen LogP contribution is -2.07. The molecule has 0 heterocycles. The van der Waals surface area contributed by atoms with Crippen LogP contribution in [0.2, 0.25) is 0 Å². The molecule has 2 rings (SSSR count). The van der Waals surface area contributed by atoms with Crippen LogP contribution in [-0.4, -0.2) is 0 Å². The highest BCUT2D eigenvalue weighted by Crippen LogP contribution is 2.46. The standard InChI is InChI=1S/C11H18/c1-2-3-4-10-7-9-5-6-11(10)8-9/h5,10-11H,2-4,6-8H2,1H3. The second-order valence-electron chi connectivity index (χ2n) is 4.17. The maximum Gasteiger partial charge on any atom is -0.0286 e. The fourth-order valence-corrected chi connectivity index (χ4v) is 2.65. The lowest BCUT2D eigenvalue weighted by molar-refractivity contribution is 0.356. The Morgan fingerprint density at radius 1 is 1.45 bits per heavy atom. The second-order valence-corrected chi connectivity index (χ2v) is 4.17. The van der Waals surface area contributed by atoms with Gasteiger partial charge in [0.15, 0.2) is 0 Å². The Labute approximate surface area is 69.7 Å². The van der Waals surface area contributed by atoms with Gasteiger partial charge in [0, 0.05) is 0 Å². The smallest absolute Gasteiger partial charge is 0.0286 e. The van der Waals surface area contributed by atoms with Crippen molar-refractivity contribution in [2.45, 2.75) is 45.4 Å². The first-order valence-electron chi connectivity index (χ1n) is 5.08. The molecule has 0 aromatic carbocycles. The van der Waals surface area contributed by atoms with Gasteiger partial charge in [-0.15, -0.1) is 0 Å². The van der Waals surface area contributed by atoms with Crippen molar-refractivity contribution < 1.29 is 0 Å². The topological polar surface area (TPSA) is 0 Å². The summed E-state index contributed by atoms with van der Waals surface area (Å²) in [6, 6.07) is 0. The zero-order valence-electron chi connectivity index (χ0n) is 7.47.